The van der Waals surface area contributed by atoms with Crippen molar-refractivity contribution >= 4 is 18.1 Å². The molecule has 6 N–H and O–H groups in total. The van der Waals surface area contributed by atoms with Gasteiger partial charge in [-0.2, -0.15) is 0 Å². The van der Waals surface area contributed by atoms with E-state index in [2.05, 4.69) is 0 Å². The van der Waals surface area contributed by atoms with E-state index in [9.17, 15) is 30.3 Å². The number of benzene rings is 2. The SMILES string of the molecule is O=C(O)C1O[C@@H](Oc2cc(O)cc(C=Cc3ccc(O)cc3)c2)[C@@H](O)[C@@H](O)[C@H]1O. The van der Waals surface area contributed by atoms with Gasteiger partial charge in [0, 0.05) is 6.07 Å². The second kappa shape index (κ2) is 8.50. The minimum absolute atomic E-state index is 0.0483. The normalized spacial score (nSPS) is 27.1. The molecule has 0 radical (unpaired) electrons. The summed E-state index contributed by atoms with van der Waals surface area (Å²) in [6.07, 6.45) is -5.30. The van der Waals surface area contributed by atoms with Crippen LogP contribution in [-0.4, -0.2) is 67.3 Å². The molecule has 0 amide bonds. The summed E-state index contributed by atoms with van der Waals surface area (Å²) in [6.45, 7) is 0. The molecular weight excluding hydrogens is 384 g/mol. The number of phenols is 2. The summed E-state index contributed by atoms with van der Waals surface area (Å²) < 4.78 is 10.5. The second-order valence-corrected chi connectivity index (χ2v) is 6.54. The van der Waals surface area contributed by atoms with Crippen molar-refractivity contribution in [2.75, 3.05) is 0 Å². The maximum absolute atomic E-state index is 11.2. The predicted molar refractivity (Wildman–Crippen MR) is 100 cm³/mol. The topological polar surface area (TPSA) is 157 Å². The van der Waals surface area contributed by atoms with Gasteiger partial charge in [-0.25, -0.2) is 4.79 Å². The molecule has 1 fully saturated rings. The summed E-state index contributed by atoms with van der Waals surface area (Å²) in [4.78, 5) is 11.2. The Hall–Kier alpha value is -3.11. The van der Waals surface area contributed by atoms with Crippen molar-refractivity contribution in [1.29, 1.82) is 0 Å². The molecule has 3 rings (SSSR count). The minimum atomic E-state index is -1.82. The molecule has 0 aromatic heterocycles. The summed E-state index contributed by atoms with van der Waals surface area (Å²) in [6, 6.07) is 10.6. The molecule has 0 bridgehead atoms. The average molecular weight is 404 g/mol. The number of carboxylic acid groups (broad SMARTS) is 1. The predicted octanol–water partition coefficient (Wildman–Crippen LogP) is 0.539. The van der Waals surface area contributed by atoms with Gasteiger partial charge in [0.2, 0.25) is 6.29 Å². The van der Waals surface area contributed by atoms with Crippen LogP contribution >= 0.6 is 0 Å². The van der Waals surface area contributed by atoms with Crippen LogP contribution in [0.15, 0.2) is 42.5 Å². The molecule has 154 valence electrons. The number of aliphatic hydroxyl groups is 3. The third-order valence-corrected chi connectivity index (χ3v) is 4.34. The van der Waals surface area contributed by atoms with Gasteiger partial charge in [0.05, 0.1) is 0 Å². The van der Waals surface area contributed by atoms with Crippen LogP contribution in [0.25, 0.3) is 12.2 Å². The molecule has 5 atom stereocenters. The van der Waals surface area contributed by atoms with Gasteiger partial charge in [0.25, 0.3) is 0 Å². The van der Waals surface area contributed by atoms with Crippen LogP contribution in [0.5, 0.6) is 17.2 Å². The van der Waals surface area contributed by atoms with E-state index in [0.717, 1.165) is 5.56 Å². The molecule has 1 unspecified atom stereocenters. The van der Waals surface area contributed by atoms with Gasteiger partial charge in [-0.15, -0.1) is 0 Å². The summed E-state index contributed by atoms with van der Waals surface area (Å²) in [5.74, 6) is -1.50. The molecule has 29 heavy (non-hydrogen) atoms. The molecule has 9 heteroatoms. The second-order valence-electron chi connectivity index (χ2n) is 6.54. The Labute approximate surface area is 165 Å². The quantitative estimate of drug-likeness (QED) is 0.391. The monoisotopic (exact) mass is 404 g/mol. The van der Waals surface area contributed by atoms with Gasteiger partial charge in [-0.3, -0.25) is 0 Å². The standard InChI is InChI=1S/C20H20O9/c21-12-5-3-10(4-6-12)1-2-11-7-13(22)9-14(8-11)28-20-17(25)15(23)16(24)18(29-20)19(26)27/h1-9,15-18,20-25H,(H,26,27)/t15-,16+,17-,18?,20+/m0/s1. The van der Waals surface area contributed by atoms with E-state index >= 15 is 0 Å². The lowest BCUT2D eigenvalue weighted by atomic mass is 9.99. The fourth-order valence-corrected chi connectivity index (χ4v) is 2.83. The molecule has 0 aliphatic carbocycles. The molecule has 1 aliphatic rings. The van der Waals surface area contributed by atoms with Crippen LogP contribution < -0.4 is 4.74 Å². The van der Waals surface area contributed by atoms with E-state index in [-0.39, 0.29) is 17.2 Å². The zero-order valence-corrected chi connectivity index (χ0v) is 15.0. The number of phenolic OH excluding ortho intramolecular Hbond substituents is 2. The van der Waals surface area contributed by atoms with Crippen LogP contribution in [0.2, 0.25) is 0 Å². The fraction of sp³-hybridized carbons (Fsp3) is 0.250. The molecule has 1 heterocycles. The van der Waals surface area contributed by atoms with Crippen molar-refractivity contribution in [2.24, 2.45) is 0 Å². The Kier molecular flexibility index (Phi) is 6.04. The van der Waals surface area contributed by atoms with Gasteiger partial charge in [0.1, 0.15) is 35.6 Å². The highest BCUT2D eigenvalue weighted by Crippen LogP contribution is 2.28. The van der Waals surface area contributed by atoms with Gasteiger partial charge in [-0.05, 0) is 35.4 Å². The van der Waals surface area contributed by atoms with Crippen LogP contribution in [-0.2, 0) is 9.53 Å². The van der Waals surface area contributed by atoms with Gasteiger partial charge >= 0.3 is 5.97 Å². The Bertz CT molecular complexity index is 893. The Morgan fingerprint density at radius 3 is 2.17 bits per heavy atom. The first-order valence-electron chi connectivity index (χ1n) is 8.65. The molecule has 2 aromatic carbocycles. The number of aromatic hydroxyl groups is 2. The highest BCUT2D eigenvalue weighted by molar-refractivity contribution is 5.73. The highest BCUT2D eigenvalue weighted by Gasteiger charge is 2.48. The summed E-state index contributed by atoms with van der Waals surface area (Å²) in [5, 5.41) is 57.9. The molecule has 2 aromatic rings. The van der Waals surface area contributed by atoms with Crippen molar-refractivity contribution < 1.29 is 44.9 Å². The van der Waals surface area contributed by atoms with Crippen molar-refractivity contribution in [3.8, 4) is 17.2 Å². The molecule has 1 saturated heterocycles. The first-order chi connectivity index (χ1) is 13.7. The minimum Gasteiger partial charge on any atom is -0.508 e. The van der Waals surface area contributed by atoms with Crippen LogP contribution in [0.4, 0.5) is 0 Å². The lowest BCUT2D eigenvalue weighted by molar-refractivity contribution is -0.271. The van der Waals surface area contributed by atoms with Crippen LogP contribution in [0, 0.1) is 0 Å². The largest absolute Gasteiger partial charge is 0.508 e. The van der Waals surface area contributed by atoms with Crippen molar-refractivity contribution in [1.82, 2.24) is 0 Å². The summed E-state index contributed by atoms with van der Waals surface area (Å²) >= 11 is 0. The smallest absolute Gasteiger partial charge is 0.335 e. The van der Waals surface area contributed by atoms with E-state index in [1.807, 2.05) is 0 Å². The van der Waals surface area contributed by atoms with E-state index in [1.54, 1.807) is 24.3 Å². The number of hydrogen-bond acceptors (Lipinski definition) is 8. The van der Waals surface area contributed by atoms with Crippen LogP contribution in [0.3, 0.4) is 0 Å². The van der Waals surface area contributed by atoms with E-state index in [1.165, 1.54) is 30.3 Å². The third kappa shape index (κ3) is 4.84. The fourth-order valence-electron chi connectivity index (χ4n) is 2.83. The maximum atomic E-state index is 11.2. The Balaban J connectivity index is 1.78. The van der Waals surface area contributed by atoms with E-state index in [4.69, 9.17) is 14.6 Å². The maximum Gasteiger partial charge on any atom is 0.335 e. The number of ether oxygens (including phenoxy) is 2. The zero-order valence-electron chi connectivity index (χ0n) is 15.0. The zero-order chi connectivity index (χ0) is 21.1. The Morgan fingerprint density at radius 2 is 1.52 bits per heavy atom. The van der Waals surface area contributed by atoms with Gasteiger partial charge in [0.15, 0.2) is 6.10 Å². The first-order valence-corrected chi connectivity index (χ1v) is 8.65. The molecular formula is C20H20O9. The van der Waals surface area contributed by atoms with Gasteiger partial charge < -0.3 is 40.1 Å². The van der Waals surface area contributed by atoms with Crippen molar-refractivity contribution in [3.05, 3.63) is 53.6 Å². The lowest BCUT2D eigenvalue weighted by Crippen LogP contribution is -2.61. The molecule has 0 saturated carbocycles. The van der Waals surface area contributed by atoms with Crippen LogP contribution in [0.1, 0.15) is 11.1 Å². The van der Waals surface area contributed by atoms with Crippen molar-refractivity contribution in [3.63, 3.8) is 0 Å². The van der Waals surface area contributed by atoms with Crippen molar-refractivity contribution in [2.45, 2.75) is 30.7 Å². The first kappa shape index (κ1) is 20.6. The summed E-state index contributed by atoms with van der Waals surface area (Å²) in [5.41, 5.74) is 1.31. The lowest BCUT2D eigenvalue weighted by Gasteiger charge is -2.38. The number of carboxylic acids is 1. The van der Waals surface area contributed by atoms with Gasteiger partial charge in [-0.1, -0.05) is 24.3 Å². The summed E-state index contributed by atoms with van der Waals surface area (Å²) in [7, 11) is 0. The van der Waals surface area contributed by atoms with E-state index in [0.29, 0.717) is 5.56 Å². The van der Waals surface area contributed by atoms with E-state index < -0.39 is 36.7 Å². The highest BCUT2D eigenvalue weighted by atomic mass is 16.7. The number of aliphatic hydroxyl groups excluding tert-OH is 3. The molecule has 0 spiro atoms. The number of aliphatic carboxylic acids is 1. The molecule has 1 aliphatic heterocycles. The number of rotatable bonds is 5. The number of carbonyl (C=O) groups is 1. The third-order valence-electron chi connectivity index (χ3n) is 4.34. The Morgan fingerprint density at radius 1 is 0.862 bits per heavy atom. The average Bonchev–Trinajstić information content (AvgIpc) is 2.67. The number of hydrogen-bond donors (Lipinski definition) is 6. The molecule has 9 nitrogen and oxygen atoms in total.